The van der Waals surface area contributed by atoms with Gasteiger partial charge in [-0.05, 0) is 31.6 Å². The van der Waals surface area contributed by atoms with Crippen molar-refractivity contribution in [3.8, 4) is 0 Å². The average Bonchev–Trinajstić information content (AvgIpc) is 3.12. The van der Waals surface area contributed by atoms with Crippen LogP contribution in [0.1, 0.15) is 48.4 Å². The highest BCUT2D eigenvalue weighted by molar-refractivity contribution is 14.0. The van der Waals surface area contributed by atoms with Crippen LogP contribution in [-0.4, -0.2) is 42.5 Å². The molecule has 2 heterocycles. The Balaban J connectivity index is 0.00000192. The number of aromatic nitrogens is 1. The number of nitrogens with one attached hydrogen (secondary N) is 1. The molecule has 1 aliphatic heterocycles. The molecule has 0 amide bonds. The third kappa shape index (κ3) is 4.81. The summed E-state index contributed by atoms with van der Waals surface area (Å²) in [7, 11) is 1.90. The maximum Gasteiger partial charge on any atom is 0.193 e. The first kappa shape index (κ1) is 19.0. The largest absolute Gasteiger partial charge is 0.356 e. The van der Waals surface area contributed by atoms with E-state index in [0.29, 0.717) is 5.41 Å². The van der Waals surface area contributed by atoms with Gasteiger partial charge in [-0.2, -0.15) is 0 Å². The van der Waals surface area contributed by atoms with Crippen LogP contribution in [0, 0.1) is 12.3 Å². The lowest BCUT2D eigenvalue weighted by Gasteiger charge is -2.33. The van der Waals surface area contributed by atoms with Crippen LogP contribution in [0.15, 0.2) is 11.2 Å². The van der Waals surface area contributed by atoms with E-state index in [1.807, 2.05) is 13.2 Å². The average molecular weight is 448 g/mol. The van der Waals surface area contributed by atoms with E-state index in [1.54, 1.807) is 11.3 Å². The van der Waals surface area contributed by atoms with Gasteiger partial charge in [-0.1, -0.05) is 19.3 Å². The number of likely N-dealkylation sites (tertiary alicyclic amines) is 1. The van der Waals surface area contributed by atoms with E-state index in [-0.39, 0.29) is 24.0 Å². The SMILES string of the molecule is CN=C(NCCc1ncc(C)s1)N1CCC2(CCCCC2)C1.I. The van der Waals surface area contributed by atoms with Gasteiger partial charge >= 0.3 is 0 Å². The van der Waals surface area contributed by atoms with Crippen LogP contribution in [-0.2, 0) is 6.42 Å². The van der Waals surface area contributed by atoms with Crippen LogP contribution < -0.4 is 5.32 Å². The smallest absolute Gasteiger partial charge is 0.193 e. The molecule has 0 radical (unpaired) electrons. The number of aliphatic imine (C=N–C) groups is 1. The molecule has 0 aromatic carbocycles. The lowest BCUT2D eigenvalue weighted by Crippen LogP contribution is -2.42. The maximum absolute atomic E-state index is 4.50. The predicted octanol–water partition coefficient (Wildman–Crippen LogP) is 3.84. The van der Waals surface area contributed by atoms with Gasteiger partial charge in [-0.15, -0.1) is 35.3 Å². The molecule has 23 heavy (non-hydrogen) atoms. The van der Waals surface area contributed by atoms with Gasteiger partial charge in [0, 0.05) is 44.2 Å². The second kappa shape index (κ2) is 8.65. The standard InChI is InChI=1S/C17H28N4S.HI/c1-14-12-20-15(22-14)6-10-19-16(18-2)21-11-9-17(13-21)7-4-3-5-8-17;/h12H,3-11,13H2,1-2H3,(H,18,19);1H. The number of nitrogens with zero attached hydrogens (tertiary/aromatic N) is 3. The second-order valence-electron chi connectivity index (χ2n) is 6.82. The monoisotopic (exact) mass is 448 g/mol. The fourth-order valence-electron chi connectivity index (χ4n) is 3.96. The number of thiazole rings is 1. The van der Waals surface area contributed by atoms with Crippen molar-refractivity contribution >= 4 is 41.3 Å². The highest BCUT2D eigenvalue weighted by atomic mass is 127. The molecule has 2 fully saturated rings. The van der Waals surface area contributed by atoms with Crippen LogP contribution >= 0.6 is 35.3 Å². The summed E-state index contributed by atoms with van der Waals surface area (Å²) < 4.78 is 0. The Kier molecular flexibility index (Phi) is 7.13. The summed E-state index contributed by atoms with van der Waals surface area (Å²) in [6.45, 7) is 5.39. The van der Waals surface area contributed by atoms with Gasteiger partial charge in [0.25, 0.3) is 0 Å². The summed E-state index contributed by atoms with van der Waals surface area (Å²) in [5.41, 5.74) is 0.586. The van der Waals surface area contributed by atoms with Crippen molar-refractivity contribution in [1.82, 2.24) is 15.2 Å². The Hall–Kier alpha value is -0.370. The maximum atomic E-state index is 4.50. The summed E-state index contributed by atoms with van der Waals surface area (Å²) in [5, 5.41) is 4.75. The fourth-order valence-corrected chi connectivity index (χ4v) is 4.74. The molecule has 1 aliphatic carbocycles. The topological polar surface area (TPSA) is 40.5 Å². The number of aryl methyl sites for hydroxylation is 1. The Bertz CT molecular complexity index is 522. The minimum absolute atomic E-state index is 0. The third-order valence-corrected chi connectivity index (χ3v) is 6.13. The molecule has 0 unspecified atom stereocenters. The lowest BCUT2D eigenvalue weighted by atomic mass is 9.73. The third-order valence-electron chi connectivity index (χ3n) is 5.15. The molecule has 1 spiro atoms. The molecule has 1 aromatic rings. The number of hydrogen-bond donors (Lipinski definition) is 1. The van der Waals surface area contributed by atoms with Gasteiger partial charge in [0.2, 0.25) is 0 Å². The van der Waals surface area contributed by atoms with Crippen LogP contribution in [0.4, 0.5) is 0 Å². The molecular weight excluding hydrogens is 419 g/mol. The van der Waals surface area contributed by atoms with Crippen LogP contribution in [0.25, 0.3) is 0 Å². The molecule has 4 nitrogen and oxygen atoms in total. The van der Waals surface area contributed by atoms with E-state index in [9.17, 15) is 0 Å². The van der Waals surface area contributed by atoms with Gasteiger partial charge in [0.1, 0.15) is 0 Å². The van der Waals surface area contributed by atoms with Crippen LogP contribution in [0.5, 0.6) is 0 Å². The molecule has 0 bridgehead atoms. The van der Waals surface area contributed by atoms with Crippen molar-refractivity contribution in [1.29, 1.82) is 0 Å². The lowest BCUT2D eigenvalue weighted by molar-refractivity contribution is 0.203. The summed E-state index contributed by atoms with van der Waals surface area (Å²) in [4.78, 5) is 12.7. The van der Waals surface area contributed by atoms with E-state index in [1.165, 1.54) is 55.0 Å². The number of hydrogen-bond acceptors (Lipinski definition) is 3. The molecule has 6 heteroatoms. The normalized spacial score (nSPS) is 20.6. The number of guanidine groups is 1. The van der Waals surface area contributed by atoms with Crippen LogP contribution in [0.3, 0.4) is 0 Å². The zero-order valence-corrected chi connectivity index (χ0v) is 17.5. The van der Waals surface area contributed by atoms with E-state index in [2.05, 4.69) is 27.1 Å². The van der Waals surface area contributed by atoms with Crippen LogP contribution in [0.2, 0.25) is 0 Å². The van der Waals surface area contributed by atoms with E-state index in [4.69, 9.17) is 0 Å². The molecule has 1 N–H and O–H groups in total. The summed E-state index contributed by atoms with van der Waals surface area (Å²) >= 11 is 1.79. The molecule has 3 rings (SSSR count). The molecule has 1 saturated heterocycles. The van der Waals surface area contributed by atoms with Gasteiger partial charge < -0.3 is 10.2 Å². The van der Waals surface area contributed by atoms with Crippen molar-refractivity contribution < 1.29 is 0 Å². The zero-order chi connectivity index (χ0) is 15.4. The quantitative estimate of drug-likeness (QED) is 0.434. The van der Waals surface area contributed by atoms with Gasteiger partial charge in [-0.3, -0.25) is 4.99 Å². The Morgan fingerprint density at radius 1 is 1.35 bits per heavy atom. The Morgan fingerprint density at radius 2 is 2.13 bits per heavy atom. The van der Waals surface area contributed by atoms with Crippen molar-refractivity contribution in [2.24, 2.45) is 10.4 Å². The van der Waals surface area contributed by atoms with Gasteiger partial charge in [0.15, 0.2) is 5.96 Å². The van der Waals surface area contributed by atoms with Crippen molar-refractivity contribution in [3.63, 3.8) is 0 Å². The fraction of sp³-hybridized carbons (Fsp3) is 0.765. The first-order valence-corrected chi connectivity index (χ1v) is 9.39. The zero-order valence-electron chi connectivity index (χ0n) is 14.3. The van der Waals surface area contributed by atoms with Gasteiger partial charge in [-0.25, -0.2) is 4.98 Å². The van der Waals surface area contributed by atoms with E-state index >= 15 is 0 Å². The summed E-state index contributed by atoms with van der Waals surface area (Å²) in [5.74, 6) is 1.08. The minimum atomic E-state index is 0. The molecule has 1 aromatic heterocycles. The second-order valence-corrected chi connectivity index (χ2v) is 8.14. The molecule has 0 atom stereocenters. The summed E-state index contributed by atoms with van der Waals surface area (Å²) in [6.07, 6.45) is 11.4. The minimum Gasteiger partial charge on any atom is -0.356 e. The number of halogens is 1. The first-order chi connectivity index (χ1) is 10.7. The van der Waals surface area contributed by atoms with Gasteiger partial charge in [0.05, 0.1) is 5.01 Å². The predicted molar refractivity (Wildman–Crippen MR) is 109 cm³/mol. The number of rotatable bonds is 3. The molecular formula is C17H29IN4S. The Morgan fingerprint density at radius 3 is 2.78 bits per heavy atom. The Labute approximate surface area is 161 Å². The van der Waals surface area contributed by atoms with Crippen molar-refractivity contribution in [2.45, 2.75) is 51.9 Å². The highest BCUT2D eigenvalue weighted by Gasteiger charge is 2.39. The van der Waals surface area contributed by atoms with Crippen molar-refractivity contribution in [3.05, 3.63) is 16.1 Å². The molecule has 2 aliphatic rings. The highest BCUT2D eigenvalue weighted by Crippen LogP contribution is 2.43. The van der Waals surface area contributed by atoms with E-state index < -0.39 is 0 Å². The first-order valence-electron chi connectivity index (χ1n) is 8.58. The molecule has 130 valence electrons. The van der Waals surface area contributed by atoms with Crippen molar-refractivity contribution in [2.75, 3.05) is 26.7 Å². The van der Waals surface area contributed by atoms with E-state index in [0.717, 1.165) is 25.5 Å². The molecule has 1 saturated carbocycles. The summed E-state index contributed by atoms with van der Waals surface area (Å²) in [6, 6.07) is 0.